The normalized spacial score (nSPS) is 14.6. The largest absolute Gasteiger partial charge is 0.247 e. The van der Waals surface area contributed by atoms with Gasteiger partial charge in [-0.15, -0.1) is 0 Å². The van der Waals surface area contributed by atoms with Crippen molar-refractivity contribution in [2.45, 2.75) is 0 Å². The minimum Gasteiger partial charge on any atom is -0.247 e. The van der Waals surface area contributed by atoms with Crippen LogP contribution in [-0.2, 0) is 0 Å². The highest BCUT2D eigenvalue weighted by atomic mass is 14.8. The van der Waals surface area contributed by atoms with Gasteiger partial charge in [0.25, 0.3) is 0 Å². The lowest BCUT2D eigenvalue weighted by Gasteiger charge is -2.05. The molecular weight excluding hydrogens is 242 g/mol. The third kappa shape index (κ3) is 1.15. The summed E-state index contributed by atoms with van der Waals surface area (Å²) in [5.74, 6) is 0. The van der Waals surface area contributed by atoms with Crippen molar-refractivity contribution >= 4 is 33.8 Å². The average Bonchev–Trinajstić information content (AvgIpc) is 3.03. The highest BCUT2D eigenvalue weighted by Crippen LogP contribution is 2.45. The van der Waals surface area contributed by atoms with Gasteiger partial charge in [0.1, 0.15) is 0 Å². The van der Waals surface area contributed by atoms with Crippen molar-refractivity contribution in [3.8, 4) is 0 Å². The molecule has 0 fully saturated rings. The average molecular weight is 253 g/mol. The summed E-state index contributed by atoms with van der Waals surface area (Å²) in [6.07, 6.45) is 2.27. The number of fused-ring (bicyclic) bond motifs is 7. The van der Waals surface area contributed by atoms with E-state index in [4.69, 9.17) is 4.99 Å². The molecule has 20 heavy (non-hydrogen) atoms. The van der Waals surface area contributed by atoms with Gasteiger partial charge in [0.15, 0.2) is 0 Å². The Hall–Kier alpha value is -2.67. The summed E-state index contributed by atoms with van der Waals surface area (Å²) in [4.78, 5) is 4.85. The van der Waals surface area contributed by atoms with Gasteiger partial charge in [0, 0.05) is 16.7 Å². The maximum Gasteiger partial charge on any atom is 0.0795 e. The molecule has 0 radical (unpaired) electrons. The Labute approximate surface area is 116 Å². The van der Waals surface area contributed by atoms with E-state index in [0.29, 0.717) is 0 Å². The van der Waals surface area contributed by atoms with E-state index in [0.717, 1.165) is 11.4 Å². The first kappa shape index (κ1) is 10.2. The van der Waals surface area contributed by atoms with E-state index in [1.54, 1.807) is 0 Å². The molecule has 0 aromatic heterocycles. The smallest absolute Gasteiger partial charge is 0.0795 e. The Morgan fingerprint density at radius 3 is 2.60 bits per heavy atom. The molecule has 3 aromatic rings. The number of hydrogen-bond acceptors (Lipinski definition) is 1. The monoisotopic (exact) mass is 253 g/mol. The summed E-state index contributed by atoms with van der Waals surface area (Å²) in [7, 11) is 0. The van der Waals surface area contributed by atoms with Crippen LogP contribution in [0.4, 0.5) is 5.69 Å². The molecule has 0 N–H and O–H groups in total. The topological polar surface area (TPSA) is 12.4 Å². The van der Waals surface area contributed by atoms with E-state index in [2.05, 4.69) is 66.7 Å². The first-order valence-electron chi connectivity index (χ1n) is 6.84. The number of hydrogen-bond donors (Lipinski definition) is 0. The Kier molecular flexibility index (Phi) is 1.75. The van der Waals surface area contributed by atoms with Gasteiger partial charge in [-0.05, 0) is 28.5 Å². The fourth-order valence-electron chi connectivity index (χ4n) is 3.28. The van der Waals surface area contributed by atoms with E-state index in [1.807, 2.05) is 0 Å². The van der Waals surface area contributed by atoms with Crippen molar-refractivity contribution in [3.63, 3.8) is 0 Å². The predicted octanol–water partition coefficient (Wildman–Crippen LogP) is 4.83. The van der Waals surface area contributed by atoms with Crippen LogP contribution in [0.1, 0.15) is 16.7 Å². The quantitative estimate of drug-likeness (QED) is 0.544. The molecule has 1 heteroatoms. The molecule has 0 spiro atoms. The van der Waals surface area contributed by atoms with Crippen LogP contribution in [0.5, 0.6) is 0 Å². The van der Waals surface area contributed by atoms with Gasteiger partial charge in [0.2, 0.25) is 0 Å². The van der Waals surface area contributed by atoms with Crippen molar-refractivity contribution < 1.29 is 0 Å². The fourth-order valence-corrected chi connectivity index (χ4v) is 3.28. The molecule has 1 aliphatic carbocycles. The van der Waals surface area contributed by atoms with Gasteiger partial charge < -0.3 is 0 Å². The van der Waals surface area contributed by atoms with Crippen LogP contribution in [0.15, 0.2) is 65.7 Å². The van der Waals surface area contributed by atoms with Crippen LogP contribution in [0, 0.1) is 0 Å². The first-order chi connectivity index (χ1) is 9.92. The van der Waals surface area contributed by atoms with Gasteiger partial charge in [-0.25, -0.2) is 4.99 Å². The van der Waals surface area contributed by atoms with Crippen LogP contribution in [-0.4, -0.2) is 5.71 Å². The van der Waals surface area contributed by atoms with Crippen molar-refractivity contribution in [1.29, 1.82) is 0 Å². The summed E-state index contributed by atoms with van der Waals surface area (Å²) in [5.41, 5.74) is 7.32. The molecule has 0 unspecified atom stereocenters. The lowest BCUT2D eigenvalue weighted by Crippen LogP contribution is -1.94. The maximum absolute atomic E-state index is 4.85. The molecule has 5 rings (SSSR count). The fraction of sp³-hybridized carbons (Fsp3) is 0. The minimum absolute atomic E-state index is 1.10. The number of benzene rings is 3. The third-order valence-electron chi connectivity index (χ3n) is 4.18. The van der Waals surface area contributed by atoms with Crippen molar-refractivity contribution in [2.24, 2.45) is 4.99 Å². The SMILES string of the molecule is C1=C2C(=Nc3ccc4ccccc4c32)c2ccccc21. The highest BCUT2D eigenvalue weighted by molar-refractivity contribution is 6.44. The third-order valence-corrected chi connectivity index (χ3v) is 4.18. The highest BCUT2D eigenvalue weighted by Gasteiger charge is 2.29. The number of nitrogens with zero attached hydrogens (tertiary/aromatic N) is 1. The molecule has 0 bridgehead atoms. The summed E-state index contributed by atoms with van der Waals surface area (Å²) in [6, 6.07) is 21.3. The van der Waals surface area contributed by atoms with Gasteiger partial charge in [-0.2, -0.15) is 0 Å². The Morgan fingerprint density at radius 1 is 0.750 bits per heavy atom. The van der Waals surface area contributed by atoms with Gasteiger partial charge in [0.05, 0.1) is 11.4 Å². The Bertz CT molecular complexity index is 945. The molecule has 3 aromatic carbocycles. The lowest BCUT2D eigenvalue weighted by atomic mass is 9.97. The summed E-state index contributed by atoms with van der Waals surface area (Å²) in [5, 5.41) is 2.57. The second-order valence-electron chi connectivity index (χ2n) is 5.29. The first-order valence-corrected chi connectivity index (χ1v) is 6.84. The zero-order chi connectivity index (χ0) is 13.1. The van der Waals surface area contributed by atoms with Crippen molar-refractivity contribution in [2.75, 3.05) is 0 Å². The van der Waals surface area contributed by atoms with E-state index < -0.39 is 0 Å². The Balaban J connectivity index is 1.87. The maximum atomic E-state index is 4.85. The second-order valence-corrected chi connectivity index (χ2v) is 5.29. The van der Waals surface area contributed by atoms with Gasteiger partial charge in [-0.3, -0.25) is 0 Å². The number of allylic oxidation sites excluding steroid dienone is 1. The standard InChI is InChI=1S/C19H11N/c1-3-7-14-12(5-1)9-10-17-18(14)16-11-13-6-2-4-8-15(13)19(16)20-17/h1-11H. The molecule has 0 amide bonds. The minimum atomic E-state index is 1.10. The number of rotatable bonds is 0. The van der Waals surface area contributed by atoms with Crippen molar-refractivity contribution in [3.05, 3.63) is 77.4 Å². The van der Waals surface area contributed by atoms with E-state index in [-0.39, 0.29) is 0 Å². The Morgan fingerprint density at radius 2 is 1.60 bits per heavy atom. The number of aliphatic imine (C=N–C) groups is 1. The summed E-state index contributed by atoms with van der Waals surface area (Å²) >= 11 is 0. The molecular formula is C19H11N. The van der Waals surface area contributed by atoms with Crippen LogP contribution in [0.25, 0.3) is 22.4 Å². The van der Waals surface area contributed by atoms with E-state index in [9.17, 15) is 0 Å². The van der Waals surface area contributed by atoms with Crippen molar-refractivity contribution in [1.82, 2.24) is 0 Å². The molecule has 2 aliphatic rings. The zero-order valence-corrected chi connectivity index (χ0v) is 10.8. The summed E-state index contributed by atoms with van der Waals surface area (Å²) in [6.45, 7) is 0. The van der Waals surface area contributed by atoms with Gasteiger partial charge >= 0.3 is 0 Å². The molecule has 92 valence electrons. The second kappa shape index (κ2) is 3.45. The molecule has 1 aliphatic heterocycles. The molecule has 0 saturated heterocycles. The molecule has 0 saturated carbocycles. The summed E-state index contributed by atoms with van der Waals surface area (Å²) < 4.78 is 0. The van der Waals surface area contributed by atoms with Crippen LogP contribution in [0.2, 0.25) is 0 Å². The van der Waals surface area contributed by atoms with E-state index >= 15 is 0 Å². The van der Waals surface area contributed by atoms with Crippen LogP contribution < -0.4 is 0 Å². The van der Waals surface area contributed by atoms with Gasteiger partial charge in [-0.1, -0.05) is 54.6 Å². The predicted molar refractivity (Wildman–Crippen MR) is 84.5 cm³/mol. The van der Waals surface area contributed by atoms with E-state index in [1.165, 1.54) is 33.0 Å². The zero-order valence-electron chi connectivity index (χ0n) is 10.8. The van der Waals surface area contributed by atoms with Crippen LogP contribution >= 0.6 is 0 Å². The molecule has 0 atom stereocenters. The molecule has 1 nitrogen and oxygen atoms in total. The lowest BCUT2D eigenvalue weighted by molar-refractivity contribution is 1.54. The molecule has 1 heterocycles. The van der Waals surface area contributed by atoms with Crippen LogP contribution in [0.3, 0.4) is 0 Å².